The van der Waals surface area contributed by atoms with E-state index in [0.717, 1.165) is 22.5 Å². The van der Waals surface area contributed by atoms with Crippen molar-refractivity contribution in [1.29, 1.82) is 0 Å². The lowest BCUT2D eigenvalue weighted by molar-refractivity contribution is -0.116. The molecule has 5 heteroatoms. The second kappa shape index (κ2) is 7.09. The summed E-state index contributed by atoms with van der Waals surface area (Å²) in [7, 11) is 0. The Morgan fingerprint density at radius 3 is 2.62 bits per heavy atom. The third-order valence-corrected chi connectivity index (χ3v) is 5.20. The van der Waals surface area contributed by atoms with Gasteiger partial charge in [0, 0.05) is 23.4 Å². The SMILES string of the molecule is CCC(=O)Nc1ccccc1[C@@H]1SCC(=O)N1c1ccc(C)cc1. The lowest BCUT2D eigenvalue weighted by Gasteiger charge is -2.26. The van der Waals surface area contributed by atoms with Gasteiger partial charge in [-0.05, 0) is 25.1 Å². The molecular formula is C19H20N2O2S. The van der Waals surface area contributed by atoms with E-state index in [-0.39, 0.29) is 17.2 Å². The number of amides is 2. The molecule has 24 heavy (non-hydrogen) atoms. The van der Waals surface area contributed by atoms with Crippen LogP contribution in [0.2, 0.25) is 0 Å². The zero-order valence-electron chi connectivity index (χ0n) is 13.8. The number of hydrogen-bond donors (Lipinski definition) is 1. The maximum absolute atomic E-state index is 12.5. The smallest absolute Gasteiger partial charge is 0.238 e. The van der Waals surface area contributed by atoms with Gasteiger partial charge in [0.15, 0.2) is 0 Å². The highest BCUT2D eigenvalue weighted by atomic mass is 32.2. The minimum Gasteiger partial charge on any atom is -0.326 e. The van der Waals surface area contributed by atoms with E-state index in [0.29, 0.717) is 12.2 Å². The lowest BCUT2D eigenvalue weighted by Crippen LogP contribution is -2.28. The molecule has 0 spiro atoms. The number of nitrogens with zero attached hydrogens (tertiary/aromatic N) is 1. The predicted octanol–water partition coefficient (Wildman–Crippen LogP) is 4.12. The molecule has 1 aliphatic heterocycles. The van der Waals surface area contributed by atoms with Crippen molar-refractivity contribution in [2.45, 2.75) is 25.6 Å². The Hall–Kier alpha value is -2.27. The van der Waals surface area contributed by atoms with Crippen LogP contribution in [0.15, 0.2) is 48.5 Å². The van der Waals surface area contributed by atoms with E-state index in [4.69, 9.17) is 0 Å². The van der Waals surface area contributed by atoms with Crippen LogP contribution in [0, 0.1) is 6.92 Å². The standard InChI is InChI=1S/C19H20N2O2S/c1-3-17(22)20-16-7-5-4-6-15(16)19-21(18(23)12-24-19)14-10-8-13(2)9-11-14/h4-11,19H,3,12H2,1-2H3,(H,20,22)/t19-/m0/s1. The minimum atomic E-state index is -0.131. The first-order valence-corrected chi connectivity index (χ1v) is 9.04. The van der Waals surface area contributed by atoms with Gasteiger partial charge in [-0.3, -0.25) is 14.5 Å². The summed E-state index contributed by atoms with van der Waals surface area (Å²) in [6, 6.07) is 15.7. The first kappa shape index (κ1) is 16.6. The summed E-state index contributed by atoms with van der Waals surface area (Å²) in [6.45, 7) is 3.85. The molecule has 0 saturated carbocycles. The van der Waals surface area contributed by atoms with Crippen LogP contribution in [0.1, 0.15) is 29.8 Å². The highest BCUT2D eigenvalue weighted by Crippen LogP contribution is 2.44. The van der Waals surface area contributed by atoms with Gasteiger partial charge in [0.25, 0.3) is 0 Å². The van der Waals surface area contributed by atoms with Crippen molar-refractivity contribution in [2.24, 2.45) is 0 Å². The number of nitrogens with one attached hydrogen (secondary N) is 1. The van der Waals surface area contributed by atoms with Crippen molar-refractivity contribution in [3.05, 3.63) is 59.7 Å². The summed E-state index contributed by atoms with van der Waals surface area (Å²) in [6.07, 6.45) is 0.423. The minimum absolute atomic E-state index is 0.0290. The highest BCUT2D eigenvalue weighted by Gasteiger charge is 2.35. The van der Waals surface area contributed by atoms with Crippen LogP contribution in [0.3, 0.4) is 0 Å². The largest absolute Gasteiger partial charge is 0.326 e. The average molecular weight is 340 g/mol. The molecule has 124 valence electrons. The summed E-state index contributed by atoms with van der Waals surface area (Å²) < 4.78 is 0. The summed E-state index contributed by atoms with van der Waals surface area (Å²) in [5, 5.41) is 2.81. The molecule has 0 aliphatic carbocycles. The van der Waals surface area contributed by atoms with E-state index < -0.39 is 0 Å². The van der Waals surface area contributed by atoms with Crippen LogP contribution in [0.4, 0.5) is 11.4 Å². The molecule has 0 radical (unpaired) electrons. The lowest BCUT2D eigenvalue weighted by atomic mass is 10.1. The number of benzene rings is 2. The fraction of sp³-hybridized carbons (Fsp3) is 0.263. The summed E-state index contributed by atoms with van der Waals surface area (Å²) in [5.41, 5.74) is 3.77. The Labute approximate surface area is 146 Å². The molecule has 0 unspecified atom stereocenters. The van der Waals surface area contributed by atoms with Crippen molar-refractivity contribution in [2.75, 3.05) is 16.0 Å². The van der Waals surface area contributed by atoms with Gasteiger partial charge in [0.2, 0.25) is 11.8 Å². The van der Waals surface area contributed by atoms with Gasteiger partial charge < -0.3 is 5.32 Å². The Morgan fingerprint density at radius 2 is 1.92 bits per heavy atom. The van der Waals surface area contributed by atoms with Crippen molar-refractivity contribution in [3.8, 4) is 0 Å². The maximum Gasteiger partial charge on any atom is 0.238 e. The van der Waals surface area contributed by atoms with Crippen molar-refractivity contribution in [3.63, 3.8) is 0 Å². The summed E-state index contributed by atoms with van der Waals surface area (Å²) in [4.78, 5) is 26.1. The molecule has 1 heterocycles. The van der Waals surface area contributed by atoms with Crippen LogP contribution >= 0.6 is 11.8 Å². The molecule has 1 N–H and O–H groups in total. The van der Waals surface area contributed by atoms with Crippen molar-refractivity contribution >= 4 is 35.0 Å². The quantitative estimate of drug-likeness (QED) is 0.911. The molecule has 2 aromatic rings. The highest BCUT2D eigenvalue weighted by molar-refractivity contribution is 8.00. The first-order chi connectivity index (χ1) is 11.6. The van der Waals surface area contributed by atoms with Gasteiger partial charge in [-0.2, -0.15) is 0 Å². The molecule has 3 rings (SSSR count). The summed E-state index contributed by atoms with van der Waals surface area (Å²) >= 11 is 1.58. The monoisotopic (exact) mass is 340 g/mol. The normalized spacial score (nSPS) is 17.2. The number of rotatable bonds is 4. The molecule has 1 saturated heterocycles. The van der Waals surface area contributed by atoms with Gasteiger partial charge in [0.05, 0.1) is 5.75 Å². The Morgan fingerprint density at radius 1 is 1.21 bits per heavy atom. The van der Waals surface area contributed by atoms with Crippen molar-refractivity contribution in [1.82, 2.24) is 0 Å². The van der Waals surface area contributed by atoms with Crippen LogP contribution in [-0.4, -0.2) is 17.6 Å². The van der Waals surface area contributed by atoms with E-state index in [1.807, 2.05) is 67.3 Å². The van der Waals surface area contributed by atoms with Gasteiger partial charge in [-0.15, -0.1) is 11.8 Å². The van der Waals surface area contributed by atoms with Crippen LogP contribution < -0.4 is 10.2 Å². The fourth-order valence-corrected chi connectivity index (χ4v) is 3.92. The van der Waals surface area contributed by atoms with Crippen molar-refractivity contribution < 1.29 is 9.59 Å². The molecule has 2 aromatic carbocycles. The van der Waals surface area contributed by atoms with Crippen LogP contribution in [-0.2, 0) is 9.59 Å². The Kier molecular flexibility index (Phi) is 4.90. The average Bonchev–Trinajstić information content (AvgIpc) is 2.97. The molecule has 2 amide bonds. The number of hydrogen-bond acceptors (Lipinski definition) is 3. The number of thioether (sulfide) groups is 1. The Balaban J connectivity index is 1.97. The number of aryl methyl sites for hydroxylation is 1. The van der Waals surface area contributed by atoms with E-state index in [9.17, 15) is 9.59 Å². The number of para-hydroxylation sites is 1. The zero-order valence-corrected chi connectivity index (χ0v) is 14.6. The molecule has 1 atom stereocenters. The molecule has 1 aliphatic rings. The second-order valence-corrected chi connectivity index (χ2v) is 6.82. The topological polar surface area (TPSA) is 49.4 Å². The molecule has 1 fully saturated rings. The van der Waals surface area contributed by atoms with E-state index >= 15 is 0 Å². The second-order valence-electron chi connectivity index (χ2n) is 5.75. The fourth-order valence-electron chi connectivity index (χ4n) is 2.70. The van der Waals surface area contributed by atoms with Gasteiger partial charge in [0.1, 0.15) is 5.37 Å². The van der Waals surface area contributed by atoms with Crippen LogP contribution in [0.5, 0.6) is 0 Å². The van der Waals surface area contributed by atoms with Gasteiger partial charge in [-0.1, -0.05) is 42.8 Å². The van der Waals surface area contributed by atoms with E-state index in [2.05, 4.69) is 5.32 Å². The first-order valence-electron chi connectivity index (χ1n) is 7.99. The third-order valence-electron chi connectivity index (χ3n) is 4.00. The van der Waals surface area contributed by atoms with E-state index in [1.165, 1.54) is 0 Å². The van der Waals surface area contributed by atoms with Gasteiger partial charge >= 0.3 is 0 Å². The molecule has 4 nitrogen and oxygen atoms in total. The maximum atomic E-state index is 12.5. The molecular weight excluding hydrogens is 320 g/mol. The number of carbonyl (C=O) groups is 2. The third kappa shape index (κ3) is 3.31. The van der Waals surface area contributed by atoms with Crippen LogP contribution in [0.25, 0.3) is 0 Å². The van der Waals surface area contributed by atoms with E-state index in [1.54, 1.807) is 11.8 Å². The summed E-state index contributed by atoms with van der Waals surface area (Å²) in [5.74, 6) is 0.498. The Bertz CT molecular complexity index is 758. The predicted molar refractivity (Wildman–Crippen MR) is 99.2 cm³/mol. The van der Waals surface area contributed by atoms with Gasteiger partial charge in [-0.25, -0.2) is 0 Å². The zero-order chi connectivity index (χ0) is 17.1. The number of carbonyl (C=O) groups excluding carboxylic acids is 2. The molecule has 0 aromatic heterocycles. The number of anilines is 2. The molecule has 0 bridgehead atoms.